The van der Waals surface area contributed by atoms with Gasteiger partial charge in [-0.25, -0.2) is 0 Å². The van der Waals surface area contributed by atoms with E-state index in [1.807, 2.05) is 0 Å². The molecule has 0 saturated carbocycles. The number of carboxylic acid groups (broad SMARTS) is 2. The van der Waals surface area contributed by atoms with Crippen LogP contribution in [0.4, 0.5) is 4.79 Å². The molecule has 0 atom stereocenters. The van der Waals surface area contributed by atoms with Crippen molar-refractivity contribution in [1.82, 2.24) is 0 Å². The van der Waals surface area contributed by atoms with Crippen molar-refractivity contribution >= 4 is 29.2 Å². The van der Waals surface area contributed by atoms with Crippen molar-refractivity contribution in [1.29, 1.82) is 0 Å². The van der Waals surface area contributed by atoms with Crippen LogP contribution in [0.5, 0.6) is 0 Å². The molecule has 0 fully saturated rings. The predicted molar refractivity (Wildman–Crippen MR) is 17.4 cm³/mol. The van der Waals surface area contributed by atoms with Crippen LogP contribution in [0.15, 0.2) is 0 Å². The van der Waals surface area contributed by atoms with Crippen molar-refractivity contribution in [3.8, 4) is 0 Å². The Labute approximate surface area is 62.4 Å². The molecular formula is CH3ClMgO4. The first-order valence-corrected chi connectivity index (χ1v) is 0.632. The first-order valence-electron chi connectivity index (χ1n) is 0.632. The molecule has 0 radical (unpaired) electrons. The first-order chi connectivity index (χ1) is 1.73. The van der Waals surface area contributed by atoms with Crippen LogP contribution >= 0.6 is 0 Å². The molecule has 0 bridgehead atoms. The summed E-state index contributed by atoms with van der Waals surface area (Å²) in [7, 11) is 0. The molecule has 0 rings (SSSR count). The smallest absolute Gasteiger partial charge is 1.00 e. The van der Waals surface area contributed by atoms with Crippen LogP contribution in [-0.4, -0.2) is 39.8 Å². The van der Waals surface area contributed by atoms with E-state index in [9.17, 15) is 0 Å². The summed E-state index contributed by atoms with van der Waals surface area (Å²) in [6.45, 7) is 0. The molecule has 0 heterocycles. The quantitative estimate of drug-likeness (QED) is 0.339. The zero-order valence-corrected chi connectivity index (χ0v) is 5.52. The van der Waals surface area contributed by atoms with E-state index in [1.54, 1.807) is 0 Å². The van der Waals surface area contributed by atoms with Crippen molar-refractivity contribution in [2.75, 3.05) is 0 Å². The van der Waals surface area contributed by atoms with Gasteiger partial charge in [0.15, 0.2) is 0 Å². The zero-order chi connectivity index (χ0) is 3.58. The van der Waals surface area contributed by atoms with Gasteiger partial charge in [0.25, 0.3) is 0 Å². The minimum atomic E-state index is -2.08. The van der Waals surface area contributed by atoms with Crippen LogP contribution in [0.1, 0.15) is 0 Å². The molecule has 0 amide bonds. The number of hydrogen-bond donors (Lipinski definition) is 1. The van der Waals surface area contributed by atoms with Gasteiger partial charge >= 0.3 is 23.1 Å². The van der Waals surface area contributed by atoms with Crippen LogP contribution in [0.25, 0.3) is 0 Å². The summed E-state index contributed by atoms with van der Waals surface area (Å²) < 4.78 is 0. The summed E-state index contributed by atoms with van der Waals surface area (Å²) >= 11 is 0. The van der Waals surface area contributed by atoms with Gasteiger partial charge in [-0.05, 0) is 0 Å². The van der Waals surface area contributed by atoms with Gasteiger partial charge in [-0.15, -0.1) is 0 Å². The molecule has 4 nitrogen and oxygen atoms in total. The van der Waals surface area contributed by atoms with E-state index in [0.29, 0.717) is 0 Å². The Morgan fingerprint density at radius 2 is 1.57 bits per heavy atom. The summed E-state index contributed by atoms with van der Waals surface area (Å²) in [5, 5.41) is 15.3. The molecule has 0 aliphatic rings. The summed E-state index contributed by atoms with van der Waals surface area (Å²) in [6.07, 6.45) is -2.08. The van der Waals surface area contributed by atoms with Gasteiger partial charge < -0.3 is 32.9 Å². The second-order valence-electron chi connectivity index (χ2n) is 0.266. The molecule has 0 spiro atoms. The molecular weight excluding hydrogens is 136 g/mol. The predicted octanol–water partition coefficient (Wildman–Crippen LogP) is -5.31. The van der Waals surface area contributed by atoms with E-state index in [-0.39, 0.29) is 40.9 Å². The Morgan fingerprint density at radius 3 is 1.57 bits per heavy atom. The first kappa shape index (κ1) is 26.7. The minimum Gasteiger partial charge on any atom is -1.00 e. The third-order valence-electron chi connectivity index (χ3n) is 0. The van der Waals surface area contributed by atoms with Gasteiger partial charge in [0.2, 0.25) is 6.16 Å². The SMILES string of the molecule is O.O=C([O-])O.[Cl-].[Mg+2]. The fraction of sp³-hybridized carbons (Fsp3) is 0. The summed E-state index contributed by atoms with van der Waals surface area (Å²) in [6, 6.07) is 0. The maximum atomic E-state index is 8.44. The third kappa shape index (κ3) is 1410. The Kier molecular flexibility index (Phi) is 62.0. The van der Waals surface area contributed by atoms with Gasteiger partial charge in [0, 0.05) is 0 Å². The normalized spacial score (nSPS) is 3.43. The summed E-state index contributed by atoms with van der Waals surface area (Å²) in [5.41, 5.74) is 0. The molecule has 3 N–H and O–H groups in total. The van der Waals surface area contributed by atoms with E-state index in [1.165, 1.54) is 0 Å². The van der Waals surface area contributed by atoms with E-state index in [4.69, 9.17) is 15.0 Å². The minimum absolute atomic E-state index is 0. The molecule has 6 heteroatoms. The molecule has 0 aliphatic heterocycles. The van der Waals surface area contributed by atoms with Crippen molar-refractivity contribution < 1.29 is 32.9 Å². The largest absolute Gasteiger partial charge is 2.00 e. The van der Waals surface area contributed by atoms with Crippen molar-refractivity contribution in [2.24, 2.45) is 0 Å². The number of carbonyl (C=O) groups is 1. The number of hydrogen-bond acceptors (Lipinski definition) is 2. The second kappa shape index (κ2) is 16.3. The molecule has 0 aromatic carbocycles. The Morgan fingerprint density at radius 1 is 1.57 bits per heavy atom. The Hall–Kier alpha value is 0.286. The fourth-order valence-electron chi connectivity index (χ4n) is 0. The second-order valence-corrected chi connectivity index (χ2v) is 0.266. The van der Waals surface area contributed by atoms with Crippen LogP contribution in [0.2, 0.25) is 0 Å². The van der Waals surface area contributed by atoms with Gasteiger partial charge in [-0.2, -0.15) is 0 Å². The molecule has 0 unspecified atom stereocenters. The Bertz CT molecular complexity index is 34.7. The van der Waals surface area contributed by atoms with Crippen LogP contribution in [0, 0.1) is 0 Å². The third-order valence-corrected chi connectivity index (χ3v) is 0. The molecule has 0 saturated heterocycles. The topological polar surface area (TPSA) is 91.9 Å². The van der Waals surface area contributed by atoms with Crippen LogP contribution in [-0.2, 0) is 0 Å². The van der Waals surface area contributed by atoms with E-state index in [2.05, 4.69) is 0 Å². The molecule has 0 aromatic rings. The van der Waals surface area contributed by atoms with Crippen molar-refractivity contribution in [3.63, 3.8) is 0 Å². The van der Waals surface area contributed by atoms with E-state index in [0.717, 1.165) is 0 Å². The monoisotopic (exact) mass is 138 g/mol. The maximum Gasteiger partial charge on any atom is 2.00 e. The van der Waals surface area contributed by atoms with Crippen LogP contribution < -0.4 is 17.5 Å². The summed E-state index contributed by atoms with van der Waals surface area (Å²) in [4.78, 5) is 8.44. The van der Waals surface area contributed by atoms with E-state index < -0.39 is 6.16 Å². The van der Waals surface area contributed by atoms with Gasteiger partial charge in [-0.3, -0.25) is 0 Å². The molecule has 7 heavy (non-hydrogen) atoms. The molecule has 40 valence electrons. The zero-order valence-electron chi connectivity index (χ0n) is 3.35. The maximum absolute atomic E-state index is 8.44. The van der Waals surface area contributed by atoms with Crippen molar-refractivity contribution in [2.45, 2.75) is 0 Å². The Balaban J connectivity index is -0.0000000150. The molecule has 0 aliphatic carbocycles. The number of rotatable bonds is 0. The van der Waals surface area contributed by atoms with Gasteiger partial charge in [0.1, 0.15) is 0 Å². The van der Waals surface area contributed by atoms with Gasteiger partial charge in [-0.1, -0.05) is 0 Å². The van der Waals surface area contributed by atoms with E-state index >= 15 is 0 Å². The van der Waals surface area contributed by atoms with Gasteiger partial charge in [0.05, 0.1) is 0 Å². The average Bonchev–Trinajstić information content (AvgIpc) is 0.811. The molecule has 0 aromatic heterocycles. The number of halogens is 1. The average molecular weight is 139 g/mol. The van der Waals surface area contributed by atoms with Crippen molar-refractivity contribution in [3.05, 3.63) is 0 Å². The fourth-order valence-corrected chi connectivity index (χ4v) is 0. The standard InChI is InChI=1S/CH2O3.ClH.Mg.H2O/c2-1(3)4;;;/h(H2,2,3,4);1H;;1H2/q;;+2;/p-2. The van der Waals surface area contributed by atoms with Crippen LogP contribution in [0.3, 0.4) is 0 Å². The summed E-state index contributed by atoms with van der Waals surface area (Å²) in [5.74, 6) is 0.